The number of para-hydroxylation sites is 1. The van der Waals surface area contributed by atoms with Crippen LogP contribution in [0.2, 0.25) is 0 Å². The van der Waals surface area contributed by atoms with Gasteiger partial charge in [-0.25, -0.2) is 4.57 Å². The van der Waals surface area contributed by atoms with E-state index in [1.54, 1.807) is 43.3 Å². The van der Waals surface area contributed by atoms with Crippen LogP contribution >= 0.6 is 18.2 Å². The van der Waals surface area contributed by atoms with Crippen molar-refractivity contribution in [3.8, 4) is 17.9 Å². The third-order valence-corrected chi connectivity index (χ3v) is 6.35. The van der Waals surface area contributed by atoms with Crippen molar-refractivity contribution in [1.29, 1.82) is 10.5 Å². The summed E-state index contributed by atoms with van der Waals surface area (Å²) in [5.41, 5.74) is 0.459. The Balaban J connectivity index is 3.11. The van der Waals surface area contributed by atoms with Crippen molar-refractivity contribution in [2.75, 3.05) is 12.4 Å². The van der Waals surface area contributed by atoms with Gasteiger partial charge in [0.15, 0.2) is 0 Å². The zero-order valence-electron chi connectivity index (χ0n) is 12.5. The van der Waals surface area contributed by atoms with E-state index in [2.05, 4.69) is 0 Å². The summed E-state index contributed by atoms with van der Waals surface area (Å²) in [6.45, 7) is 0.674. The third kappa shape index (κ3) is 5.58. The van der Waals surface area contributed by atoms with Gasteiger partial charge in [0.05, 0.1) is 6.61 Å². The second kappa shape index (κ2) is 9.33. The second-order valence-electron chi connectivity index (χ2n) is 4.11. The number of hydrogen-bond donors (Lipinski definition) is 0. The van der Waals surface area contributed by atoms with Gasteiger partial charge in [0, 0.05) is 11.3 Å². The molecule has 0 aromatic heterocycles. The van der Waals surface area contributed by atoms with Crippen molar-refractivity contribution < 1.29 is 13.6 Å². The fraction of sp³-hybridized carbons (Fsp3) is 0.333. The number of allylic oxidation sites excluding steroid dienone is 1. The molecule has 1 aromatic rings. The zero-order chi connectivity index (χ0) is 16.4. The molecule has 0 spiro atoms. The second-order valence-corrected chi connectivity index (χ2v) is 8.23. The molecule has 0 fully saturated rings. The van der Waals surface area contributed by atoms with Crippen LogP contribution in [0, 0.1) is 22.7 Å². The zero-order valence-corrected chi connectivity index (χ0v) is 14.2. The lowest BCUT2D eigenvalue weighted by Crippen LogP contribution is -1.97. The average Bonchev–Trinajstić information content (AvgIpc) is 2.52. The number of rotatable bonds is 8. The molecular formula is C15H17N2O3PS. The molecule has 0 aliphatic rings. The SMILES string of the molecule is CCCSP(=O)(OCC)Oc1ccccc1C=C(C#N)C#N. The van der Waals surface area contributed by atoms with E-state index in [-0.39, 0.29) is 12.2 Å². The molecule has 0 bridgehead atoms. The minimum absolute atomic E-state index is 0.0523. The summed E-state index contributed by atoms with van der Waals surface area (Å²) in [5, 5.41) is 17.7. The maximum absolute atomic E-state index is 12.7. The highest BCUT2D eigenvalue weighted by Gasteiger charge is 2.27. The summed E-state index contributed by atoms with van der Waals surface area (Å²) < 4.78 is 23.6. The highest BCUT2D eigenvalue weighted by atomic mass is 32.7. The van der Waals surface area contributed by atoms with Gasteiger partial charge < -0.3 is 4.52 Å². The molecule has 1 aromatic carbocycles. The molecule has 22 heavy (non-hydrogen) atoms. The van der Waals surface area contributed by atoms with Gasteiger partial charge >= 0.3 is 6.80 Å². The highest BCUT2D eigenvalue weighted by molar-refractivity contribution is 8.55. The van der Waals surface area contributed by atoms with Crippen LogP contribution in [0.5, 0.6) is 5.75 Å². The maximum Gasteiger partial charge on any atom is 0.440 e. The molecule has 0 heterocycles. The van der Waals surface area contributed by atoms with E-state index < -0.39 is 6.80 Å². The number of benzene rings is 1. The van der Waals surface area contributed by atoms with Crippen LogP contribution in [-0.4, -0.2) is 12.4 Å². The summed E-state index contributed by atoms with van der Waals surface area (Å²) >= 11 is 1.14. The number of hydrogen-bond acceptors (Lipinski definition) is 6. The van der Waals surface area contributed by atoms with Crippen molar-refractivity contribution in [2.24, 2.45) is 0 Å². The first-order chi connectivity index (χ1) is 10.6. The Kier molecular flexibility index (Phi) is 7.77. The predicted molar refractivity (Wildman–Crippen MR) is 88.3 cm³/mol. The normalized spacial score (nSPS) is 12.5. The van der Waals surface area contributed by atoms with Crippen molar-refractivity contribution in [2.45, 2.75) is 20.3 Å². The van der Waals surface area contributed by atoms with Crippen LogP contribution in [0.3, 0.4) is 0 Å². The van der Waals surface area contributed by atoms with Crippen LogP contribution in [-0.2, 0) is 9.09 Å². The van der Waals surface area contributed by atoms with Crippen LogP contribution < -0.4 is 4.52 Å². The lowest BCUT2D eigenvalue weighted by molar-refractivity contribution is 0.296. The predicted octanol–water partition coefficient (Wildman–Crippen LogP) is 4.78. The molecule has 0 saturated heterocycles. The van der Waals surface area contributed by atoms with Gasteiger partial charge in [-0.15, -0.1) is 0 Å². The van der Waals surface area contributed by atoms with Gasteiger partial charge in [-0.1, -0.05) is 25.1 Å². The molecule has 116 valence electrons. The molecule has 1 rings (SSSR count). The van der Waals surface area contributed by atoms with Gasteiger partial charge in [-0.3, -0.25) is 4.52 Å². The first-order valence-corrected chi connectivity index (χ1v) is 9.91. The first-order valence-electron chi connectivity index (χ1n) is 6.78. The van der Waals surface area contributed by atoms with Gasteiger partial charge in [0.25, 0.3) is 0 Å². The molecule has 7 heteroatoms. The van der Waals surface area contributed by atoms with E-state index in [1.807, 2.05) is 6.92 Å². The van der Waals surface area contributed by atoms with E-state index in [0.29, 0.717) is 17.1 Å². The minimum atomic E-state index is -3.32. The summed E-state index contributed by atoms with van der Waals surface area (Å²) in [5.74, 6) is 0.975. The quantitative estimate of drug-likeness (QED) is 0.501. The minimum Gasteiger partial charge on any atom is -0.416 e. The average molecular weight is 336 g/mol. The van der Waals surface area contributed by atoms with E-state index in [9.17, 15) is 4.57 Å². The van der Waals surface area contributed by atoms with Gasteiger partial charge in [0.2, 0.25) is 0 Å². The van der Waals surface area contributed by atoms with Gasteiger partial charge in [0.1, 0.15) is 23.5 Å². The largest absolute Gasteiger partial charge is 0.440 e. The molecule has 1 unspecified atom stereocenters. The topological polar surface area (TPSA) is 83.1 Å². The van der Waals surface area contributed by atoms with Crippen LogP contribution in [0.1, 0.15) is 25.8 Å². The van der Waals surface area contributed by atoms with Crippen molar-refractivity contribution in [3.05, 3.63) is 35.4 Å². The van der Waals surface area contributed by atoms with E-state index >= 15 is 0 Å². The lowest BCUT2D eigenvalue weighted by Gasteiger charge is -2.18. The maximum atomic E-state index is 12.7. The van der Waals surface area contributed by atoms with Crippen LogP contribution in [0.25, 0.3) is 6.08 Å². The number of nitrogens with zero attached hydrogens (tertiary/aromatic N) is 2. The van der Waals surface area contributed by atoms with Crippen LogP contribution in [0.15, 0.2) is 29.8 Å². The monoisotopic (exact) mass is 336 g/mol. The Morgan fingerprint density at radius 2 is 2.00 bits per heavy atom. The Morgan fingerprint density at radius 1 is 1.32 bits per heavy atom. The Bertz CT molecular complexity index is 645. The molecule has 0 amide bonds. The molecular weight excluding hydrogens is 319 g/mol. The summed E-state index contributed by atoms with van der Waals surface area (Å²) in [6, 6.07) is 10.4. The molecule has 0 N–H and O–H groups in total. The van der Waals surface area contributed by atoms with Crippen LogP contribution in [0.4, 0.5) is 0 Å². The first kappa shape index (κ1) is 18.3. The molecule has 5 nitrogen and oxygen atoms in total. The summed E-state index contributed by atoms with van der Waals surface area (Å²) in [6.07, 6.45) is 2.25. The van der Waals surface area contributed by atoms with E-state index in [1.165, 1.54) is 6.08 Å². The van der Waals surface area contributed by atoms with Gasteiger partial charge in [-0.05, 0) is 36.9 Å². The highest BCUT2D eigenvalue weighted by Crippen LogP contribution is 2.60. The van der Waals surface area contributed by atoms with Gasteiger partial charge in [-0.2, -0.15) is 10.5 Å². The number of nitriles is 2. The Labute approximate surface area is 134 Å². The molecule has 1 atom stereocenters. The Hall–Kier alpha value is -1.72. The standard InChI is InChI=1S/C15H17N2O3PS/c1-3-9-22-21(18,19-4-2)20-15-8-6-5-7-14(15)10-13(11-16)12-17/h5-8,10H,3-4,9H2,1-2H3. The van der Waals surface area contributed by atoms with Crippen molar-refractivity contribution in [1.82, 2.24) is 0 Å². The molecule has 0 aliphatic heterocycles. The van der Waals surface area contributed by atoms with E-state index in [4.69, 9.17) is 19.6 Å². The lowest BCUT2D eigenvalue weighted by atomic mass is 10.1. The summed E-state index contributed by atoms with van der Waals surface area (Å²) in [4.78, 5) is 0. The smallest absolute Gasteiger partial charge is 0.416 e. The van der Waals surface area contributed by atoms with E-state index in [0.717, 1.165) is 17.8 Å². The molecule has 0 radical (unpaired) electrons. The third-order valence-electron chi connectivity index (χ3n) is 2.41. The summed E-state index contributed by atoms with van der Waals surface area (Å²) in [7, 11) is 0. The van der Waals surface area contributed by atoms with Crippen molar-refractivity contribution >= 4 is 24.3 Å². The molecule has 0 aliphatic carbocycles. The Morgan fingerprint density at radius 3 is 2.59 bits per heavy atom. The fourth-order valence-electron chi connectivity index (χ4n) is 1.50. The fourth-order valence-corrected chi connectivity index (χ4v) is 4.97. The van der Waals surface area contributed by atoms with Crippen molar-refractivity contribution in [3.63, 3.8) is 0 Å². The molecule has 0 saturated carbocycles.